The fraction of sp³-hybridized carbons (Fsp3) is 0.571. The van der Waals surface area contributed by atoms with Gasteiger partial charge in [-0.25, -0.2) is 4.39 Å². The van der Waals surface area contributed by atoms with Gasteiger partial charge < -0.3 is 10.2 Å². The van der Waals surface area contributed by atoms with Crippen LogP contribution in [0.5, 0.6) is 0 Å². The fourth-order valence-corrected chi connectivity index (χ4v) is 2.49. The predicted octanol–water partition coefficient (Wildman–Crippen LogP) is 2.57. The second-order valence-electron chi connectivity index (χ2n) is 4.73. The van der Waals surface area contributed by atoms with Crippen LogP contribution in [0.15, 0.2) is 24.3 Å². The Morgan fingerprint density at radius 3 is 2.47 bits per heavy atom. The van der Waals surface area contributed by atoms with Crippen LogP contribution in [0.3, 0.4) is 0 Å². The molecule has 1 aromatic rings. The van der Waals surface area contributed by atoms with Gasteiger partial charge in [-0.1, -0.05) is 12.1 Å². The van der Waals surface area contributed by atoms with Crippen molar-refractivity contribution in [2.45, 2.75) is 25.3 Å². The summed E-state index contributed by atoms with van der Waals surface area (Å²) in [7, 11) is 1.97. The summed E-state index contributed by atoms with van der Waals surface area (Å²) < 4.78 is 12.9. The van der Waals surface area contributed by atoms with Gasteiger partial charge in [0.05, 0.1) is 0 Å². The molecule has 1 fully saturated rings. The molecule has 2 rings (SSSR count). The fourth-order valence-electron chi connectivity index (χ4n) is 2.49. The molecule has 0 bridgehead atoms. The number of nitrogens with zero attached hydrogens (tertiary/aromatic N) is 1. The van der Waals surface area contributed by atoms with Gasteiger partial charge in [0.1, 0.15) is 5.82 Å². The van der Waals surface area contributed by atoms with Crippen LogP contribution < -0.4 is 5.32 Å². The second kappa shape index (κ2) is 6.12. The van der Waals surface area contributed by atoms with E-state index < -0.39 is 0 Å². The lowest BCUT2D eigenvalue weighted by atomic mass is 10.0. The Balaban J connectivity index is 1.89. The molecule has 1 saturated heterocycles. The summed E-state index contributed by atoms with van der Waals surface area (Å²) in [5.41, 5.74) is 1.17. The molecule has 1 aromatic carbocycles. The quantitative estimate of drug-likeness (QED) is 0.845. The van der Waals surface area contributed by atoms with Crippen LogP contribution in [0, 0.1) is 5.82 Å². The van der Waals surface area contributed by atoms with E-state index in [1.165, 1.54) is 43.6 Å². The van der Waals surface area contributed by atoms with Gasteiger partial charge in [0.2, 0.25) is 0 Å². The van der Waals surface area contributed by atoms with Crippen LogP contribution in [0.2, 0.25) is 0 Å². The lowest BCUT2D eigenvalue weighted by molar-refractivity contribution is 0.314. The van der Waals surface area contributed by atoms with E-state index in [1.54, 1.807) is 0 Å². The van der Waals surface area contributed by atoms with Crippen LogP contribution in [0.25, 0.3) is 0 Å². The molecule has 0 radical (unpaired) electrons. The van der Waals surface area contributed by atoms with Crippen LogP contribution in [-0.2, 0) is 0 Å². The van der Waals surface area contributed by atoms with E-state index in [0.717, 1.165) is 13.0 Å². The number of rotatable bonds is 5. The highest BCUT2D eigenvalue weighted by molar-refractivity contribution is 5.19. The number of hydrogen-bond acceptors (Lipinski definition) is 2. The molecule has 1 heterocycles. The summed E-state index contributed by atoms with van der Waals surface area (Å²) in [6.07, 6.45) is 3.75. The average Bonchev–Trinajstić information content (AvgIpc) is 2.85. The lowest BCUT2D eigenvalue weighted by Crippen LogP contribution is -2.26. The molecule has 0 aliphatic carbocycles. The topological polar surface area (TPSA) is 15.3 Å². The third-order valence-electron chi connectivity index (χ3n) is 3.55. The van der Waals surface area contributed by atoms with Crippen molar-refractivity contribution < 1.29 is 4.39 Å². The standard InChI is InChI=1S/C14H21FN2/c1-16-14(8-11-17-9-2-3-10-17)12-4-6-13(15)7-5-12/h4-7,14,16H,2-3,8-11H2,1H3. The maximum Gasteiger partial charge on any atom is 0.123 e. The third kappa shape index (κ3) is 3.51. The van der Waals surface area contributed by atoms with E-state index >= 15 is 0 Å². The summed E-state index contributed by atoms with van der Waals surface area (Å²) in [6.45, 7) is 3.60. The number of halogens is 1. The largest absolute Gasteiger partial charge is 0.313 e. The number of likely N-dealkylation sites (tertiary alicyclic amines) is 1. The molecule has 1 aliphatic rings. The van der Waals surface area contributed by atoms with Crippen molar-refractivity contribution in [3.63, 3.8) is 0 Å². The smallest absolute Gasteiger partial charge is 0.123 e. The molecule has 0 saturated carbocycles. The summed E-state index contributed by atoms with van der Waals surface area (Å²) in [5, 5.41) is 3.31. The van der Waals surface area contributed by atoms with Gasteiger partial charge in [0, 0.05) is 6.04 Å². The Hall–Kier alpha value is -0.930. The van der Waals surface area contributed by atoms with Crippen molar-refractivity contribution in [2.75, 3.05) is 26.7 Å². The molecule has 2 nitrogen and oxygen atoms in total. The van der Waals surface area contributed by atoms with E-state index in [1.807, 2.05) is 19.2 Å². The molecule has 17 heavy (non-hydrogen) atoms. The SMILES string of the molecule is CNC(CCN1CCCC1)c1ccc(F)cc1. The molecule has 0 aromatic heterocycles. The Bertz CT molecular complexity index is 331. The molecular weight excluding hydrogens is 215 g/mol. The zero-order chi connectivity index (χ0) is 12.1. The number of nitrogens with one attached hydrogen (secondary N) is 1. The normalized spacial score (nSPS) is 18.5. The Morgan fingerprint density at radius 1 is 1.24 bits per heavy atom. The van der Waals surface area contributed by atoms with E-state index in [4.69, 9.17) is 0 Å². The van der Waals surface area contributed by atoms with E-state index in [0.29, 0.717) is 6.04 Å². The van der Waals surface area contributed by atoms with Crippen molar-refractivity contribution in [2.24, 2.45) is 0 Å². The van der Waals surface area contributed by atoms with Crippen molar-refractivity contribution in [3.05, 3.63) is 35.6 Å². The zero-order valence-corrected chi connectivity index (χ0v) is 10.5. The van der Waals surface area contributed by atoms with Crippen LogP contribution in [0.1, 0.15) is 30.9 Å². The Kier molecular flexibility index (Phi) is 4.51. The predicted molar refractivity (Wildman–Crippen MR) is 68.5 cm³/mol. The molecule has 0 amide bonds. The summed E-state index contributed by atoms with van der Waals surface area (Å²) in [4.78, 5) is 2.51. The second-order valence-corrected chi connectivity index (χ2v) is 4.73. The zero-order valence-electron chi connectivity index (χ0n) is 10.5. The summed E-state index contributed by atoms with van der Waals surface area (Å²) in [6, 6.07) is 7.16. The molecule has 3 heteroatoms. The van der Waals surface area contributed by atoms with Crippen LogP contribution >= 0.6 is 0 Å². The van der Waals surface area contributed by atoms with Crippen LogP contribution in [0.4, 0.5) is 4.39 Å². The van der Waals surface area contributed by atoms with Crippen molar-refractivity contribution in [1.29, 1.82) is 0 Å². The van der Waals surface area contributed by atoms with Gasteiger partial charge in [-0.15, -0.1) is 0 Å². The highest BCUT2D eigenvalue weighted by Crippen LogP contribution is 2.18. The van der Waals surface area contributed by atoms with E-state index in [-0.39, 0.29) is 5.82 Å². The Labute approximate surface area is 103 Å². The first kappa shape index (κ1) is 12.5. The molecular formula is C14H21FN2. The minimum Gasteiger partial charge on any atom is -0.313 e. The van der Waals surface area contributed by atoms with Gasteiger partial charge in [-0.3, -0.25) is 0 Å². The first-order valence-corrected chi connectivity index (χ1v) is 6.44. The van der Waals surface area contributed by atoms with E-state index in [2.05, 4.69) is 10.2 Å². The summed E-state index contributed by atoms with van der Waals surface area (Å²) >= 11 is 0. The van der Waals surface area contributed by atoms with Crippen LogP contribution in [-0.4, -0.2) is 31.6 Å². The minimum absolute atomic E-state index is 0.164. The molecule has 1 N–H and O–H groups in total. The first-order valence-electron chi connectivity index (χ1n) is 6.44. The van der Waals surface area contributed by atoms with Gasteiger partial charge in [-0.05, 0) is 63.6 Å². The number of hydrogen-bond donors (Lipinski definition) is 1. The Morgan fingerprint density at radius 2 is 1.88 bits per heavy atom. The van der Waals surface area contributed by atoms with Crippen molar-refractivity contribution in [3.8, 4) is 0 Å². The molecule has 1 unspecified atom stereocenters. The maximum atomic E-state index is 12.9. The maximum absolute atomic E-state index is 12.9. The first-order chi connectivity index (χ1) is 8.29. The van der Waals surface area contributed by atoms with Gasteiger partial charge in [-0.2, -0.15) is 0 Å². The monoisotopic (exact) mass is 236 g/mol. The highest BCUT2D eigenvalue weighted by atomic mass is 19.1. The van der Waals surface area contributed by atoms with E-state index in [9.17, 15) is 4.39 Å². The van der Waals surface area contributed by atoms with Gasteiger partial charge >= 0.3 is 0 Å². The minimum atomic E-state index is -0.164. The van der Waals surface area contributed by atoms with Crippen molar-refractivity contribution in [1.82, 2.24) is 10.2 Å². The molecule has 94 valence electrons. The highest BCUT2D eigenvalue weighted by Gasteiger charge is 2.14. The van der Waals surface area contributed by atoms with Gasteiger partial charge in [0.25, 0.3) is 0 Å². The molecule has 0 spiro atoms. The third-order valence-corrected chi connectivity index (χ3v) is 3.55. The van der Waals surface area contributed by atoms with Crippen molar-refractivity contribution >= 4 is 0 Å². The van der Waals surface area contributed by atoms with Gasteiger partial charge in [0.15, 0.2) is 0 Å². The lowest BCUT2D eigenvalue weighted by Gasteiger charge is -2.21. The summed E-state index contributed by atoms with van der Waals surface area (Å²) in [5.74, 6) is -0.164. The molecule has 1 atom stereocenters. The average molecular weight is 236 g/mol. The number of benzene rings is 1. The molecule has 1 aliphatic heterocycles.